The van der Waals surface area contributed by atoms with Gasteiger partial charge in [-0.1, -0.05) is 0 Å². The standard InChI is InChI=1S/C13H24N2O5/c1-13(2,3)20-12(16)14-8-10-4-6-11(7-5-10)9-19-15(17)18/h10-11H,4-9H2,1-3H3,(H,14,16). The van der Waals surface area contributed by atoms with Crippen molar-refractivity contribution in [1.29, 1.82) is 0 Å². The molecule has 0 aromatic rings. The number of amides is 1. The third kappa shape index (κ3) is 7.16. The summed E-state index contributed by atoms with van der Waals surface area (Å²) in [7, 11) is 0. The fourth-order valence-corrected chi connectivity index (χ4v) is 2.31. The predicted molar refractivity (Wildman–Crippen MR) is 72.6 cm³/mol. The lowest BCUT2D eigenvalue weighted by molar-refractivity contribution is -0.759. The van der Waals surface area contributed by atoms with E-state index in [9.17, 15) is 14.9 Å². The molecule has 0 aromatic carbocycles. The molecule has 0 aromatic heterocycles. The molecule has 116 valence electrons. The Kier molecular flexibility index (Phi) is 6.04. The Labute approximate surface area is 119 Å². The monoisotopic (exact) mass is 288 g/mol. The number of hydrogen-bond acceptors (Lipinski definition) is 5. The summed E-state index contributed by atoms with van der Waals surface area (Å²) in [6, 6.07) is 0. The fraction of sp³-hybridized carbons (Fsp3) is 0.923. The number of alkyl carbamates (subject to hydrolysis) is 1. The van der Waals surface area contributed by atoms with Gasteiger partial charge < -0.3 is 14.9 Å². The maximum Gasteiger partial charge on any atom is 0.407 e. The zero-order chi connectivity index (χ0) is 15.2. The van der Waals surface area contributed by atoms with E-state index in [0.29, 0.717) is 12.5 Å². The molecule has 0 bridgehead atoms. The zero-order valence-electron chi connectivity index (χ0n) is 12.4. The first kappa shape index (κ1) is 16.5. The number of rotatable bonds is 5. The minimum absolute atomic E-state index is 0.180. The van der Waals surface area contributed by atoms with E-state index in [1.807, 2.05) is 20.8 Å². The summed E-state index contributed by atoms with van der Waals surface area (Å²) < 4.78 is 5.17. The summed E-state index contributed by atoms with van der Waals surface area (Å²) in [5, 5.41) is 12.2. The van der Waals surface area contributed by atoms with Gasteiger partial charge in [-0.25, -0.2) is 4.79 Å². The number of nitrogens with zero attached hydrogens (tertiary/aromatic N) is 1. The Morgan fingerprint density at radius 2 is 1.80 bits per heavy atom. The van der Waals surface area contributed by atoms with Gasteiger partial charge in [0.05, 0.1) is 6.61 Å². The minimum atomic E-state index is -0.740. The van der Waals surface area contributed by atoms with Crippen molar-refractivity contribution in [2.75, 3.05) is 13.2 Å². The van der Waals surface area contributed by atoms with Gasteiger partial charge in [0.1, 0.15) is 5.60 Å². The molecule has 1 N–H and O–H groups in total. The van der Waals surface area contributed by atoms with Crippen LogP contribution in [-0.4, -0.2) is 29.9 Å². The molecule has 1 aliphatic carbocycles. The van der Waals surface area contributed by atoms with E-state index >= 15 is 0 Å². The highest BCUT2D eigenvalue weighted by Gasteiger charge is 2.23. The van der Waals surface area contributed by atoms with Crippen molar-refractivity contribution >= 4 is 6.09 Å². The van der Waals surface area contributed by atoms with E-state index in [0.717, 1.165) is 25.7 Å². The molecule has 1 rings (SSSR count). The Hall–Kier alpha value is -1.53. The number of ether oxygens (including phenoxy) is 1. The number of carbonyl (C=O) groups is 1. The Morgan fingerprint density at radius 3 is 2.30 bits per heavy atom. The van der Waals surface area contributed by atoms with Crippen LogP contribution in [0.25, 0.3) is 0 Å². The lowest BCUT2D eigenvalue weighted by atomic mass is 9.82. The average Bonchev–Trinajstić information content (AvgIpc) is 2.33. The molecule has 0 aliphatic heterocycles. The molecule has 0 atom stereocenters. The molecular weight excluding hydrogens is 264 g/mol. The lowest BCUT2D eigenvalue weighted by Crippen LogP contribution is -2.36. The maximum atomic E-state index is 11.5. The van der Waals surface area contributed by atoms with E-state index in [2.05, 4.69) is 10.2 Å². The van der Waals surface area contributed by atoms with Crippen LogP contribution in [0.1, 0.15) is 46.5 Å². The molecule has 0 unspecified atom stereocenters. The highest BCUT2D eigenvalue weighted by molar-refractivity contribution is 5.67. The van der Waals surface area contributed by atoms with Gasteiger partial charge in [0, 0.05) is 6.54 Å². The van der Waals surface area contributed by atoms with Crippen molar-refractivity contribution in [3.05, 3.63) is 10.1 Å². The van der Waals surface area contributed by atoms with Crippen molar-refractivity contribution in [1.82, 2.24) is 5.32 Å². The largest absolute Gasteiger partial charge is 0.444 e. The van der Waals surface area contributed by atoms with Crippen LogP contribution in [0.5, 0.6) is 0 Å². The normalized spacial score (nSPS) is 22.9. The van der Waals surface area contributed by atoms with Gasteiger partial charge in [0.25, 0.3) is 5.09 Å². The van der Waals surface area contributed by atoms with Gasteiger partial charge in [-0.15, -0.1) is 10.1 Å². The lowest BCUT2D eigenvalue weighted by Gasteiger charge is -2.28. The van der Waals surface area contributed by atoms with Crippen molar-refractivity contribution in [3.63, 3.8) is 0 Å². The number of nitrogens with one attached hydrogen (secondary N) is 1. The molecule has 1 saturated carbocycles. The minimum Gasteiger partial charge on any atom is -0.444 e. The molecule has 0 heterocycles. The third-order valence-corrected chi connectivity index (χ3v) is 3.32. The third-order valence-electron chi connectivity index (χ3n) is 3.32. The molecule has 7 heteroatoms. The average molecular weight is 288 g/mol. The van der Waals surface area contributed by atoms with Gasteiger partial charge in [0.2, 0.25) is 0 Å². The molecule has 0 spiro atoms. The van der Waals surface area contributed by atoms with Crippen molar-refractivity contribution in [2.45, 2.75) is 52.1 Å². The number of carbonyl (C=O) groups excluding carboxylic acids is 1. The van der Waals surface area contributed by atoms with Crippen LogP contribution in [0, 0.1) is 22.0 Å². The van der Waals surface area contributed by atoms with Crippen LogP contribution in [0.2, 0.25) is 0 Å². The second-order valence-electron chi connectivity index (χ2n) is 6.29. The van der Waals surface area contributed by atoms with E-state index in [1.54, 1.807) is 0 Å². The van der Waals surface area contributed by atoms with Gasteiger partial charge in [0.15, 0.2) is 0 Å². The predicted octanol–water partition coefficient (Wildman–Crippen LogP) is 2.53. The fourth-order valence-electron chi connectivity index (χ4n) is 2.31. The van der Waals surface area contributed by atoms with Crippen LogP contribution in [0.4, 0.5) is 4.79 Å². The maximum absolute atomic E-state index is 11.5. The highest BCUT2D eigenvalue weighted by Crippen LogP contribution is 2.28. The van der Waals surface area contributed by atoms with E-state index in [-0.39, 0.29) is 12.5 Å². The SMILES string of the molecule is CC(C)(C)OC(=O)NCC1CCC(CO[N+](=O)[O-])CC1. The topological polar surface area (TPSA) is 90.7 Å². The first-order valence-electron chi connectivity index (χ1n) is 7.00. The van der Waals surface area contributed by atoms with Gasteiger partial charge >= 0.3 is 6.09 Å². The van der Waals surface area contributed by atoms with Crippen molar-refractivity contribution in [3.8, 4) is 0 Å². The molecule has 20 heavy (non-hydrogen) atoms. The molecule has 7 nitrogen and oxygen atoms in total. The first-order valence-corrected chi connectivity index (χ1v) is 7.00. The summed E-state index contributed by atoms with van der Waals surface area (Å²) in [6.07, 6.45) is 3.29. The second-order valence-corrected chi connectivity index (χ2v) is 6.29. The summed E-state index contributed by atoms with van der Waals surface area (Å²) in [5.41, 5.74) is -0.485. The van der Waals surface area contributed by atoms with Crippen LogP contribution >= 0.6 is 0 Å². The molecule has 1 aliphatic rings. The van der Waals surface area contributed by atoms with E-state index < -0.39 is 16.8 Å². The summed E-state index contributed by atoms with van der Waals surface area (Å²) in [5.74, 6) is 0.660. The molecule has 0 saturated heterocycles. The summed E-state index contributed by atoms with van der Waals surface area (Å²) >= 11 is 0. The highest BCUT2D eigenvalue weighted by atomic mass is 16.9. The van der Waals surface area contributed by atoms with Crippen LogP contribution in [-0.2, 0) is 9.57 Å². The van der Waals surface area contributed by atoms with Gasteiger partial charge in [-0.05, 0) is 58.3 Å². The first-order chi connectivity index (χ1) is 9.26. The summed E-state index contributed by atoms with van der Waals surface area (Å²) in [6.45, 7) is 6.25. The van der Waals surface area contributed by atoms with Crippen LogP contribution < -0.4 is 5.32 Å². The van der Waals surface area contributed by atoms with Crippen LogP contribution in [0.15, 0.2) is 0 Å². The Morgan fingerprint density at radius 1 is 1.25 bits per heavy atom. The number of hydrogen-bond donors (Lipinski definition) is 1. The Bertz CT molecular complexity index is 332. The molecular formula is C13H24N2O5. The van der Waals surface area contributed by atoms with Crippen molar-refractivity contribution in [2.24, 2.45) is 11.8 Å². The molecule has 0 radical (unpaired) electrons. The summed E-state index contributed by atoms with van der Waals surface area (Å²) in [4.78, 5) is 26.0. The van der Waals surface area contributed by atoms with Crippen LogP contribution in [0.3, 0.4) is 0 Å². The van der Waals surface area contributed by atoms with E-state index in [1.165, 1.54) is 0 Å². The quantitative estimate of drug-likeness (QED) is 0.620. The van der Waals surface area contributed by atoms with E-state index in [4.69, 9.17) is 4.74 Å². The molecule has 1 fully saturated rings. The van der Waals surface area contributed by atoms with Crippen molar-refractivity contribution < 1.29 is 19.5 Å². The van der Waals surface area contributed by atoms with Gasteiger partial charge in [-0.2, -0.15) is 0 Å². The molecule has 1 amide bonds. The second kappa shape index (κ2) is 7.31. The zero-order valence-corrected chi connectivity index (χ0v) is 12.4. The smallest absolute Gasteiger partial charge is 0.407 e. The Balaban J connectivity index is 2.16. The van der Waals surface area contributed by atoms with Gasteiger partial charge in [-0.3, -0.25) is 0 Å².